The first-order valence-corrected chi connectivity index (χ1v) is 8.74. The summed E-state index contributed by atoms with van der Waals surface area (Å²) in [6, 6.07) is 1.05. The van der Waals surface area contributed by atoms with Gasteiger partial charge in [-0.25, -0.2) is 9.97 Å². The van der Waals surface area contributed by atoms with Crippen LogP contribution in [0.15, 0.2) is 18.5 Å². The molecule has 0 aromatic carbocycles. The number of rotatable bonds is 5. The molecule has 1 aliphatic rings. The van der Waals surface area contributed by atoms with E-state index >= 15 is 0 Å². The van der Waals surface area contributed by atoms with Crippen LogP contribution in [0, 0.1) is 0 Å². The molecule has 0 atom stereocenters. The Bertz CT molecular complexity index is 706. The predicted octanol–water partition coefficient (Wildman–Crippen LogP) is 2.71. The van der Waals surface area contributed by atoms with E-state index in [4.69, 9.17) is 0 Å². The van der Waals surface area contributed by atoms with Gasteiger partial charge in [0.25, 0.3) is 0 Å². The lowest BCUT2D eigenvalue weighted by Gasteiger charge is -2.35. The Labute approximate surface area is 150 Å². The molecule has 2 aromatic heterocycles. The van der Waals surface area contributed by atoms with Crippen LogP contribution in [-0.4, -0.2) is 57.8 Å². The molecular weight excluding hydrogens is 345 g/mol. The van der Waals surface area contributed by atoms with E-state index in [0.29, 0.717) is 18.8 Å². The second-order valence-corrected chi connectivity index (χ2v) is 6.82. The monoisotopic (exact) mass is 368 g/mol. The van der Waals surface area contributed by atoms with Gasteiger partial charge in [-0.2, -0.15) is 18.3 Å². The van der Waals surface area contributed by atoms with Crippen molar-refractivity contribution in [2.75, 3.05) is 37.6 Å². The van der Waals surface area contributed by atoms with E-state index in [-0.39, 0.29) is 11.9 Å². The van der Waals surface area contributed by atoms with Crippen LogP contribution in [0.4, 0.5) is 19.1 Å². The summed E-state index contributed by atoms with van der Waals surface area (Å²) < 4.78 is 39.5. The van der Waals surface area contributed by atoms with Crippen molar-refractivity contribution in [2.24, 2.45) is 0 Å². The molecule has 3 heterocycles. The Kier molecular flexibility index (Phi) is 5.45. The smallest absolute Gasteiger partial charge is 0.338 e. The van der Waals surface area contributed by atoms with Gasteiger partial charge in [0.15, 0.2) is 0 Å². The van der Waals surface area contributed by atoms with E-state index in [1.165, 1.54) is 0 Å². The van der Waals surface area contributed by atoms with Crippen molar-refractivity contribution in [1.82, 2.24) is 25.1 Å². The van der Waals surface area contributed by atoms with Gasteiger partial charge in [0.1, 0.15) is 5.69 Å². The van der Waals surface area contributed by atoms with E-state index < -0.39 is 11.9 Å². The normalized spacial score (nSPS) is 16.5. The zero-order valence-corrected chi connectivity index (χ0v) is 14.9. The summed E-state index contributed by atoms with van der Waals surface area (Å²) in [5.74, 6) is 0.0899. The molecule has 0 radical (unpaired) electrons. The van der Waals surface area contributed by atoms with Gasteiger partial charge in [-0.15, -0.1) is 0 Å². The van der Waals surface area contributed by atoms with Gasteiger partial charge in [-0.3, -0.25) is 10.00 Å². The number of nitrogens with zero attached hydrogens (tertiary/aromatic N) is 5. The van der Waals surface area contributed by atoms with Crippen LogP contribution < -0.4 is 4.90 Å². The van der Waals surface area contributed by atoms with Gasteiger partial charge < -0.3 is 4.90 Å². The second kappa shape index (κ2) is 7.61. The first-order valence-electron chi connectivity index (χ1n) is 8.74. The lowest BCUT2D eigenvalue weighted by Crippen LogP contribution is -2.47. The van der Waals surface area contributed by atoms with Crippen molar-refractivity contribution in [3.8, 4) is 0 Å². The second-order valence-electron chi connectivity index (χ2n) is 6.82. The number of H-pyrrole nitrogens is 1. The maximum atomic E-state index is 13.2. The maximum Gasteiger partial charge on any atom is 0.433 e. The first kappa shape index (κ1) is 18.6. The number of aromatic nitrogens is 4. The molecular formula is C17H23F3N6. The molecule has 1 saturated heterocycles. The number of hydrogen-bond donors (Lipinski definition) is 1. The van der Waals surface area contributed by atoms with Crippen molar-refractivity contribution >= 4 is 5.95 Å². The lowest BCUT2D eigenvalue weighted by atomic mass is 10.1. The molecule has 0 aliphatic carbocycles. The van der Waals surface area contributed by atoms with E-state index in [1.54, 1.807) is 6.20 Å². The maximum absolute atomic E-state index is 13.2. The molecule has 3 rings (SSSR count). The summed E-state index contributed by atoms with van der Waals surface area (Å²) in [5, 5.41) is 6.72. The third kappa shape index (κ3) is 4.51. The summed E-state index contributed by atoms with van der Waals surface area (Å²) in [6.07, 6.45) is 0.113. The minimum absolute atomic E-state index is 0.0888. The molecule has 9 heteroatoms. The number of alkyl halides is 3. The predicted molar refractivity (Wildman–Crippen MR) is 92.1 cm³/mol. The molecule has 26 heavy (non-hydrogen) atoms. The van der Waals surface area contributed by atoms with Crippen LogP contribution >= 0.6 is 0 Å². The largest absolute Gasteiger partial charge is 0.433 e. The summed E-state index contributed by atoms with van der Waals surface area (Å²) in [7, 11) is 0. The number of hydrogen-bond acceptors (Lipinski definition) is 5. The fourth-order valence-corrected chi connectivity index (χ4v) is 2.91. The topological polar surface area (TPSA) is 60.9 Å². The highest BCUT2D eigenvalue weighted by atomic mass is 19.4. The highest BCUT2D eigenvalue weighted by Crippen LogP contribution is 2.30. The summed E-state index contributed by atoms with van der Waals surface area (Å²) in [4.78, 5) is 12.3. The van der Waals surface area contributed by atoms with Gasteiger partial charge in [-0.05, 0) is 24.0 Å². The third-order valence-corrected chi connectivity index (χ3v) is 4.54. The van der Waals surface area contributed by atoms with Crippen molar-refractivity contribution in [2.45, 2.75) is 32.4 Å². The van der Waals surface area contributed by atoms with E-state index in [0.717, 1.165) is 37.7 Å². The summed E-state index contributed by atoms with van der Waals surface area (Å²) in [6.45, 7) is 7.34. The Morgan fingerprint density at radius 1 is 1.15 bits per heavy atom. The van der Waals surface area contributed by atoms with Crippen molar-refractivity contribution in [3.05, 3.63) is 35.4 Å². The Morgan fingerprint density at radius 3 is 2.46 bits per heavy atom. The summed E-state index contributed by atoms with van der Waals surface area (Å²) >= 11 is 0. The minimum Gasteiger partial charge on any atom is -0.338 e. The van der Waals surface area contributed by atoms with Crippen molar-refractivity contribution < 1.29 is 13.2 Å². The highest BCUT2D eigenvalue weighted by Gasteiger charge is 2.34. The molecule has 0 spiro atoms. The number of halogens is 3. The van der Waals surface area contributed by atoms with Crippen molar-refractivity contribution in [1.29, 1.82) is 0 Å². The molecule has 0 saturated carbocycles. The SMILES string of the molecule is CC(C)c1cc(C(F)(F)F)nc(N2CCN(CCc3cn[nH]c3)CC2)n1. The Hall–Kier alpha value is -2.16. The average Bonchev–Trinajstić information content (AvgIpc) is 3.13. The van der Waals surface area contributed by atoms with Gasteiger partial charge in [0.2, 0.25) is 5.95 Å². The van der Waals surface area contributed by atoms with Gasteiger partial charge in [-0.1, -0.05) is 13.8 Å². The molecule has 0 bridgehead atoms. The van der Waals surface area contributed by atoms with E-state index in [2.05, 4.69) is 25.1 Å². The van der Waals surface area contributed by atoms with E-state index in [9.17, 15) is 13.2 Å². The van der Waals surface area contributed by atoms with Gasteiger partial charge in [0.05, 0.1) is 6.20 Å². The Morgan fingerprint density at radius 2 is 1.88 bits per heavy atom. The number of aromatic amines is 1. The highest BCUT2D eigenvalue weighted by molar-refractivity contribution is 5.35. The zero-order valence-electron chi connectivity index (χ0n) is 14.9. The fraction of sp³-hybridized carbons (Fsp3) is 0.588. The molecule has 6 nitrogen and oxygen atoms in total. The molecule has 1 N–H and O–H groups in total. The van der Waals surface area contributed by atoms with Crippen LogP contribution in [0.2, 0.25) is 0 Å². The molecule has 0 amide bonds. The van der Waals surface area contributed by atoms with Crippen LogP contribution in [-0.2, 0) is 12.6 Å². The lowest BCUT2D eigenvalue weighted by molar-refractivity contribution is -0.141. The molecule has 0 unspecified atom stereocenters. The number of anilines is 1. The Balaban J connectivity index is 1.65. The van der Waals surface area contributed by atoms with Gasteiger partial charge in [0, 0.05) is 44.6 Å². The van der Waals surface area contributed by atoms with Crippen LogP contribution in [0.5, 0.6) is 0 Å². The zero-order chi connectivity index (χ0) is 18.7. The number of nitrogens with one attached hydrogen (secondary N) is 1. The van der Waals surface area contributed by atoms with Crippen LogP contribution in [0.25, 0.3) is 0 Å². The quantitative estimate of drug-likeness (QED) is 0.879. The molecule has 1 fully saturated rings. The van der Waals surface area contributed by atoms with E-state index in [1.807, 2.05) is 24.9 Å². The fourth-order valence-electron chi connectivity index (χ4n) is 2.91. The average molecular weight is 368 g/mol. The standard InChI is InChI=1S/C17H23F3N6/c1-12(2)14-9-15(17(18,19)20)24-16(23-14)26-7-5-25(6-8-26)4-3-13-10-21-22-11-13/h9-12H,3-8H2,1-2H3,(H,21,22). The van der Waals surface area contributed by atoms with Crippen LogP contribution in [0.1, 0.15) is 36.7 Å². The summed E-state index contributed by atoms with van der Waals surface area (Å²) in [5.41, 5.74) is 0.702. The first-order chi connectivity index (χ1) is 12.3. The number of piperazine rings is 1. The molecule has 1 aliphatic heterocycles. The van der Waals surface area contributed by atoms with Crippen molar-refractivity contribution in [3.63, 3.8) is 0 Å². The molecule has 2 aromatic rings. The minimum atomic E-state index is -4.46. The third-order valence-electron chi connectivity index (χ3n) is 4.54. The van der Waals surface area contributed by atoms with Gasteiger partial charge >= 0.3 is 6.18 Å². The van der Waals surface area contributed by atoms with Crippen LogP contribution in [0.3, 0.4) is 0 Å². The molecule has 142 valence electrons.